The summed E-state index contributed by atoms with van der Waals surface area (Å²) in [4.78, 5) is 33.9. The SMILES string of the molecule is Nc1ccc2cc(S(=O)(=O)O)c(N=Nc3ccc(N=Nc4cc(C(=O)O)cc(C(=O)O)c4)c4cc(C(=O)O)ccc34)c(O)c2c1. The molecule has 0 heterocycles. The fraction of sp³-hybridized carbons (Fsp3) is 0. The molecule has 0 fully saturated rings. The molecule has 0 aliphatic heterocycles. The van der Waals surface area contributed by atoms with Crippen LogP contribution in [0, 0.1) is 0 Å². The molecule has 0 radical (unpaired) electrons. The van der Waals surface area contributed by atoms with E-state index in [4.69, 9.17) is 5.73 Å². The molecule has 0 bridgehead atoms. The van der Waals surface area contributed by atoms with Crippen molar-refractivity contribution < 1.29 is 47.8 Å². The summed E-state index contributed by atoms with van der Waals surface area (Å²) in [6.07, 6.45) is 0. The molecular formula is C29H19N5O10S. The number of carboxylic acids is 3. The van der Waals surface area contributed by atoms with Gasteiger partial charge in [-0.15, -0.1) is 15.3 Å². The molecule has 0 spiro atoms. The summed E-state index contributed by atoms with van der Waals surface area (Å²) in [5.41, 5.74) is 4.68. The standard InChI is InChI=1S/C29H19N5O10S/c30-17-3-1-13-11-24(45(42,43)44)25(26(35)20(13)12-17)34-33-22-5-6-23(21-10-14(27(36)37)2-4-19(21)22)32-31-18-8-15(28(38)39)7-16(9-18)29(40)41/h1-12,35H,30H2,(H,36,37)(H,38,39)(H,40,41)(H,42,43,44). The quantitative estimate of drug-likeness (QED) is 0.0616. The van der Waals surface area contributed by atoms with Crippen molar-refractivity contribution in [1.82, 2.24) is 0 Å². The molecule has 5 aromatic rings. The van der Waals surface area contributed by atoms with Gasteiger partial charge in [-0.3, -0.25) is 4.55 Å². The van der Waals surface area contributed by atoms with Gasteiger partial charge >= 0.3 is 17.9 Å². The van der Waals surface area contributed by atoms with Gasteiger partial charge in [-0.1, -0.05) is 12.1 Å². The van der Waals surface area contributed by atoms with E-state index in [-0.39, 0.29) is 61.0 Å². The zero-order valence-electron chi connectivity index (χ0n) is 22.5. The van der Waals surface area contributed by atoms with E-state index < -0.39 is 44.4 Å². The number of nitrogens with zero attached hydrogens (tertiary/aromatic N) is 4. The Kier molecular flexibility index (Phi) is 7.68. The van der Waals surface area contributed by atoms with Crippen LogP contribution in [0.5, 0.6) is 5.75 Å². The average Bonchev–Trinajstić information content (AvgIpc) is 2.99. The number of fused-ring (bicyclic) bond motifs is 2. The second-order valence-electron chi connectivity index (χ2n) is 9.48. The van der Waals surface area contributed by atoms with Crippen molar-refractivity contribution in [3.8, 4) is 5.75 Å². The van der Waals surface area contributed by atoms with E-state index in [1.807, 2.05) is 0 Å². The molecule has 5 aromatic carbocycles. The van der Waals surface area contributed by atoms with Crippen LogP contribution in [-0.4, -0.2) is 51.3 Å². The van der Waals surface area contributed by atoms with E-state index in [0.717, 1.165) is 24.3 Å². The monoisotopic (exact) mass is 629 g/mol. The minimum atomic E-state index is -4.89. The lowest BCUT2D eigenvalue weighted by Gasteiger charge is -2.10. The van der Waals surface area contributed by atoms with Gasteiger partial charge in [0.2, 0.25) is 0 Å². The number of carboxylic acid groups (broad SMARTS) is 3. The molecule has 0 amide bonds. The van der Waals surface area contributed by atoms with Crippen LogP contribution < -0.4 is 5.73 Å². The molecule has 15 nitrogen and oxygen atoms in total. The summed E-state index contributed by atoms with van der Waals surface area (Å²) in [7, 11) is -4.89. The minimum absolute atomic E-state index is 0.0651. The number of azo groups is 2. The maximum Gasteiger partial charge on any atom is 0.335 e. The number of aromatic carboxylic acids is 3. The van der Waals surface area contributed by atoms with Crippen LogP contribution in [0.25, 0.3) is 21.5 Å². The van der Waals surface area contributed by atoms with Crippen molar-refractivity contribution in [2.45, 2.75) is 4.90 Å². The number of nitrogen functional groups attached to an aromatic ring is 1. The molecular weight excluding hydrogens is 610 g/mol. The third-order valence-corrected chi connectivity index (χ3v) is 7.38. The predicted molar refractivity (Wildman–Crippen MR) is 159 cm³/mol. The Hall–Kier alpha value is -6.26. The number of phenols is 1. The maximum absolute atomic E-state index is 12.2. The number of nitrogens with two attached hydrogens (primary N) is 1. The number of hydrogen-bond donors (Lipinski definition) is 6. The van der Waals surface area contributed by atoms with Crippen molar-refractivity contribution >= 4 is 78.0 Å². The van der Waals surface area contributed by atoms with Gasteiger partial charge in [0, 0.05) is 21.8 Å². The molecule has 45 heavy (non-hydrogen) atoms. The first kappa shape index (κ1) is 30.2. The summed E-state index contributed by atoms with van der Waals surface area (Å²) < 4.78 is 34.2. The van der Waals surface area contributed by atoms with Crippen molar-refractivity contribution in [1.29, 1.82) is 0 Å². The van der Waals surface area contributed by atoms with Crippen LogP contribution in [0.2, 0.25) is 0 Å². The second kappa shape index (κ2) is 11.4. The summed E-state index contributed by atoms with van der Waals surface area (Å²) >= 11 is 0. The molecule has 0 atom stereocenters. The van der Waals surface area contributed by atoms with Gasteiger partial charge in [0.05, 0.1) is 33.8 Å². The Morgan fingerprint density at radius 3 is 1.82 bits per heavy atom. The number of benzene rings is 5. The summed E-state index contributed by atoms with van der Waals surface area (Å²) in [6, 6.07) is 15.2. The molecule has 5 rings (SSSR count). The fourth-order valence-corrected chi connectivity index (χ4v) is 5.07. The molecule has 226 valence electrons. The predicted octanol–water partition coefficient (Wildman–Crippen LogP) is 6.45. The van der Waals surface area contributed by atoms with E-state index in [1.54, 1.807) is 0 Å². The largest absolute Gasteiger partial charge is 0.505 e. The Morgan fingerprint density at radius 2 is 1.22 bits per heavy atom. The average molecular weight is 630 g/mol. The number of anilines is 1. The summed E-state index contributed by atoms with van der Waals surface area (Å²) in [5, 5.41) is 55.9. The highest BCUT2D eigenvalue weighted by atomic mass is 32.2. The van der Waals surface area contributed by atoms with Crippen molar-refractivity contribution in [3.05, 3.63) is 89.5 Å². The first-order valence-corrected chi connectivity index (χ1v) is 13.9. The summed E-state index contributed by atoms with van der Waals surface area (Å²) in [6.45, 7) is 0. The molecule has 0 aromatic heterocycles. The second-order valence-corrected chi connectivity index (χ2v) is 10.9. The highest BCUT2D eigenvalue weighted by Gasteiger charge is 2.22. The highest BCUT2D eigenvalue weighted by Crippen LogP contribution is 2.43. The van der Waals surface area contributed by atoms with Gasteiger partial charge in [0.25, 0.3) is 10.1 Å². The molecule has 7 N–H and O–H groups in total. The number of carbonyl (C=O) groups is 3. The van der Waals surface area contributed by atoms with E-state index in [9.17, 15) is 47.8 Å². The minimum Gasteiger partial charge on any atom is -0.505 e. The van der Waals surface area contributed by atoms with Crippen LogP contribution in [0.3, 0.4) is 0 Å². The molecule has 0 aliphatic carbocycles. The van der Waals surface area contributed by atoms with Gasteiger partial charge in [0.15, 0.2) is 5.75 Å². The van der Waals surface area contributed by atoms with E-state index in [2.05, 4.69) is 20.5 Å². The van der Waals surface area contributed by atoms with Crippen molar-refractivity contribution in [2.24, 2.45) is 20.5 Å². The lowest BCUT2D eigenvalue weighted by atomic mass is 10.0. The van der Waals surface area contributed by atoms with Gasteiger partial charge in [-0.25, -0.2) is 14.4 Å². The molecule has 0 saturated heterocycles. The zero-order valence-corrected chi connectivity index (χ0v) is 23.3. The topological polar surface area (TPSA) is 262 Å². The van der Waals surface area contributed by atoms with Gasteiger partial charge < -0.3 is 26.2 Å². The number of rotatable bonds is 8. The fourth-order valence-electron chi connectivity index (χ4n) is 4.41. The molecule has 0 saturated carbocycles. The lowest BCUT2D eigenvalue weighted by Crippen LogP contribution is -2.01. The highest BCUT2D eigenvalue weighted by molar-refractivity contribution is 7.86. The van der Waals surface area contributed by atoms with Gasteiger partial charge in [-0.05, 0) is 66.0 Å². The van der Waals surface area contributed by atoms with Crippen LogP contribution >= 0.6 is 0 Å². The number of aromatic hydroxyl groups is 1. The normalized spacial score (nSPS) is 11.9. The van der Waals surface area contributed by atoms with E-state index >= 15 is 0 Å². The smallest absolute Gasteiger partial charge is 0.335 e. The first-order chi connectivity index (χ1) is 21.2. The zero-order chi connectivity index (χ0) is 32.6. The Labute approximate surface area is 252 Å². The van der Waals surface area contributed by atoms with Crippen LogP contribution in [0.15, 0.2) is 98.1 Å². The van der Waals surface area contributed by atoms with E-state index in [0.29, 0.717) is 0 Å². The van der Waals surface area contributed by atoms with Crippen LogP contribution in [0.1, 0.15) is 31.1 Å². The van der Waals surface area contributed by atoms with Gasteiger partial charge in [-0.2, -0.15) is 13.5 Å². The summed E-state index contributed by atoms with van der Waals surface area (Å²) in [5.74, 6) is -4.67. The number of hydrogen-bond acceptors (Lipinski definition) is 11. The van der Waals surface area contributed by atoms with Crippen LogP contribution in [-0.2, 0) is 10.1 Å². The third-order valence-electron chi connectivity index (χ3n) is 6.51. The number of phenolic OH excluding ortho intramolecular Hbond substituents is 1. The molecule has 0 aliphatic rings. The molecule has 0 unspecified atom stereocenters. The molecule has 16 heteroatoms. The lowest BCUT2D eigenvalue weighted by molar-refractivity contribution is 0.0682. The van der Waals surface area contributed by atoms with Crippen molar-refractivity contribution in [3.63, 3.8) is 0 Å². The Balaban J connectivity index is 1.66. The van der Waals surface area contributed by atoms with Gasteiger partial charge in [0.1, 0.15) is 10.6 Å². The van der Waals surface area contributed by atoms with E-state index in [1.165, 1.54) is 48.5 Å². The van der Waals surface area contributed by atoms with Crippen LogP contribution in [0.4, 0.5) is 28.4 Å². The first-order valence-electron chi connectivity index (χ1n) is 12.5. The maximum atomic E-state index is 12.2. The van der Waals surface area contributed by atoms with Crippen molar-refractivity contribution in [2.75, 3.05) is 5.73 Å². The third kappa shape index (κ3) is 6.12. The Morgan fingerprint density at radius 1 is 0.622 bits per heavy atom. The Bertz CT molecular complexity index is 2230.